The highest BCUT2D eigenvalue weighted by atomic mass is 16.1. The summed E-state index contributed by atoms with van der Waals surface area (Å²) in [5.41, 5.74) is 2.65. The number of benzene rings is 1. The van der Waals surface area contributed by atoms with E-state index in [9.17, 15) is 4.79 Å². The largest absolute Gasteiger partial charge is 0.387 e. The fourth-order valence-electron chi connectivity index (χ4n) is 2.81. The molecule has 0 radical (unpaired) electrons. The molecule has 0 fully saturated rings. The Hall–Kier alpha value is -1.51. The quantitative estimate of drug-likeness (QED) is 0.873. The second-order valence-corrected chi connectivity index (χ2v) is 7.37. The number of anilines is 1. The standard InChI is InChI=1S/C17H28N2O/c1-12-8-9-13(14(10-12)18-7)15(20)19-17(5,6)11-16(2,3)4/h8-10,18H,11H2,1-7H3,(H,19,20). The molecular formula is C17H28N2O. The van der Waals surface area contributed by atoms with E-state index in [-0.39, 0.29) is 16.9 Å². The van der Waals surface area contributed by atoms with Crippen LogP contribution < -0.4 is 10.6 Å². The number of nitrogens with one attached hydrogen (secondary N) is 2. The van der Waals surface area contributed by atoms with E-state index in [1.165, 1.54) is 0 Å². The first-order valence-electron chi connectivity index (χ1n) is 7.15. The Labute approximate surface area is 123 Å². The second-order valence-electron chi connectivity index (χ2n) is 7.37. The fraction of sp³-hybridized carbons (Fsp3) is 0.588. The van der Waals surface area contributed by atoms with Crippen LogP contribution in [0.4, 0.5) is 5.69 Å². The average molecular weight is 276 g/mol. The molecule has 0 atom stereocenters. The highest BCUT2D eigenvalue weighted by Gasteiger charge is 2.27. The maximum absolute atomic E-state index is 12.5. The number of aryl methyl sites for hydroxylation is 1. The molecule has 0 aliphatic rings. The van der Waals surface area contributed by atoms with Crippen LogP contribution in [0.25, 0.3) is 0 Å². The number of hydrogen-bond acceptors (Lipinski definition) is 2. The summed E-state index contributed by atoms with van der Waals surface area (Å²) in [7, 11) is 1.84. The van der Waals surface area contributed by atoms with Gasteiger partial charge in [0.2, 0.25) is 0 Å². The van der Waals surface area contributed by atoms with Gasteiger partial charge in [-0.25, -0.2) is 0 Å². The fourth-order valence-corrected chi connectivity index (χ4v) is 2.81. The smallest absolute Gasteiger partial charge is 0.253 e. The van der Waals surface area contributed by atoms with Gasteiger partial charge in [0, 0.05) is 18.3 Å². The van der Waals surface area contributed by atoms with Gasteiger partial charge >= 0.3 is 0 Å². The first-order chi connectivity index (χ1) is 9.04. The van der Waals surface area contributed by atoms with Crippen LogP contribution in [0.15, 0.2) is 18.2 Å². The molecule has 0 heterocycles. The van der Waals surface area contributed by atoms with Gasteiger partial charge in [-0.1, -0.05) is 26.8 Å². The van der Waals surface area contributed by atoms with Crippen molar-refractivity contribution in [3.8, 4) is 0 Å². The second kappa shape index (κ2) is 5.86. The number of carbonyl (C=O) groups excluding carboxylic acids is 1. The first-order valence-corrected chi connectivity index (χ1v) is 7.15. The lowest BCUT2D eigenvalue weighted by atomic mass is 9.81. The van der Waals surface area contributed by atoms with Gasteiger partial charge in [-0.2, -0.15) is 0 Å². The van der Waals surface area contributed by atoms with Gasteiger partial charge in [-0.15, -0.1) is 0 Å². The average Bonchev–Trinajstić information content (AvgIpc) is 2.24. The minimum atomic E-state index is -0.231. The summed E-state index contributed by atoms with van der Waals surface area (Å²) < 4.78 is 0. The molecule has 2 N–H and O–H groups in total. The summed E-state index contributed by atoms with van der Waals surface area (Å²) in [6, 6.07) is 5.84. The molecule has 3 nitrogen and oxygen atoms in total. The van der Waals surface area contributed by atoms with Crippen LogP contribution in [-0.4, -0.2) is 18.5 Å². The van der Waals surface area contributed by atoms with Gasteiger partial charge in [0.1, 0.15) is 0 Å². The predicted octanol–water partition coefficient (Wildman–Crippen LogP) is 3.98. The van der Waals surface area contributed by atoms with Crippen LogP contribution in [0.2, 0.25) is 0 Å². The number of rotatable bonds is 4. The summed E-state index contributed by atoms with van der Waals surface area (Å²) in [5.74, 6) is -0.0244. The lowest BCUT2D eigenvalue weighted by Crippen LogP contribution is -2.45. The van der Waals surface area contributed by atoms with Gasteiger partial charge in [-0.3, -0.25) is 4.79 Å². The number of hydrogen-bond donors (Lipinski definition) is 2. The minimum absolute atomic E-state index is 0.0244. The Bertz CT molecular complexity index is 484. The molecule has 0 saturated heterocycles. The number of carbonyl (C=O) groups is 1. The van der Waals surface area contributed by atoms with Gasteiger partial charge < -0.3 is 10.6 Å². The molecule has 1 aromatic carbocycles. The SMILES string of the molecule is CNc1cc(C)ccc1C(=O)NC(C)(C)CC(C)(C)C. The van der Waals surface area contributed by atoms with Gasteiger partial charge in [0.25, 0.3) is 5.91 Å². The normalized spacial score (nSPS) is 12.2. The molecule has 0 aliphatic carbocycles. The molecule has 0 aromatic heterocycles. The van der Waals surface area contributed by atoms with Gasteiger partial charge in [-0.05, 0) is 50.3 Å². The summed E-state index contributed by atoms with van der Waals surface area (Å²) >= 11 is 0. The van der Waals surface area contributed by atoms with Crippen LogP contribution in [-0.2, 0) is 0 Å². The summed E-state index contributed by atoms with van der Waals surface area (Å²) in [6.07, 6.45) is 0.923. The molecule has 3 heteroatoms. The van der Waals surface area contributed by atoms with E-state index in [1.807, 2.05) is 32.2 Å². The van der Waals surface area contributed by atoms with E-state index in [0.29, 0.717) is 5.56 Å². The van der Waals surface area contributed by atoms with Crippen molar-refractivity contribution in [2.24, 2.45) is 5.41 Å². The van der Waals surface area contributed by atoms with Crippen LogP contribution >= 0.6 is 0 Å². The third kappa shape index (κ3) is 4.87. The van der Waals surface area contributed by atoms with Crippen molar-refractivity contribution in [1.82, 2.24) is 5.32 Å². The molecule has 112 valence electrons. The van der Waals surface area contributed by atoms with Crippen LogP contribution in [0, 0.1) is 12.3 Å². The van der Waals surface area contributed by atoms with E-state index in [4.69, 9.17) is 0 Å². The third-order valence-corrected chi connectivity index (χ3v) is 3.11. The Morgan fingerprint density at radius 1 is 1.15 bits per heavy atom. The van der Waals surface area contributed by atoms with Crippen molar-refractivity contribution in [2.75, 3.05) is 12.4 Å². The summed E-state index contributed by atoms with van der Waals surface area (Å²) in [4.78, 5) is 12.5. The number of amides is 1. The van der Waals surface area contributed by atoms with E-state index in [1.54, 1.807) is 0 Å². The highest BCUT2D eigenvalue weighted by Crippen LogP contribution is 2.27. The Morgan fingerprint density at radius 2 is 1.75 bits per heavy atom. The first kappa shape index (κ1) is 16.5. The molecule has 0 aliphatic heterocycles. The van der Waals surface area contributed by atoms with Crippen LogP contribution in [0.5, 0.6) is 0 Å². The lowest BCUT2D eigenvalue weighted by molar-refractivity contribution is 0.0892. The van der Waals surface area contributed by atoms with Crippen molar-refractivity contribution in [3.63, 3.8) is 0 Å². The van der Waals surface area contributed by atoms with Crippen molar-refractivity contribution in [3.05, 3.63) is 29.3 Å². The zero-order valence-electron chi connectivity index (χ0n) is 13.8. The molecule has 1 amide bonds. The van der Waals surface area contributed by atoms with E-state index >= 15 is 0 Å². The Morgan fingerprint density at radius 3 is 2.25 bits per heavy atom. The van der Waals surface area contributed by atoms with Crippen LogP contribution in [0.3, 0.4) is 0 Å². The monoisotopic (exact) mass is 276 g/mol. The topological polar surface area (TPSA) is 41.1 Å². The minimum Gasteiger partial charge on any atom is -0.387 e. The van der Waals surface area contributed by atoms with Gasteiger partial charge in [0.15, 0.2) is 0 Å². The molecule has 0 unspecified atom stereocenters. The third-order valence-electron chi connectivity index (χ3n) is 3.11. The van der Waals surface area contributed by atoms with Gasteiger partial charge in [0.05, 0.1) is 5.56 Å². The summed E-state index contributed by atoms with van der Waals surface area (Å²) in [5, 5.41) is 6.23. The maximum Gasteiger partial charge on any atom is 0.253 e. The van der Waals surface area contributed by atoms with Crippen LogP contribution in [0.1, 0.15) is 57.0 Å². The highest BCUT2D eigenvalue weighted by molar-refractivity contribution is 6.00. The molecule has 0 saturated carbocycles. The zero-order chi connectivity index (χ0) is 15.6. The zero-order valence-corrected chi connectivity index (χ0v) is 13.8. The molecule has 0 bridgehead atoms. The lowest BCUT2D eigenvalue weighted by Gasteiger charge is -2.33. The predicted molar refractivity (Wildman–Crippen MR) is 86.3 cm³/mol. The van der Waals surface area contributed by atoms with Crippen molar-refractivity contribution in [2.45, 2.75) is 53.5 Å². The van der Waals surface area contributed by atoms with Crippen molar-refractivity contribution >= 4 is 11.6 Å². The summed E-state index contributed by atoms with van der Waals surface area (Å²) in [6.45, 7) is 12.7. The van der Waals surface area contributed by atoms with E-state index in [2.05, 4.69) is 45.3 Å². The Kier molecular flexibility index (Phi) is 4.85. The molecule has 20 heavy (non-hydrogen) atoms. The molecular weight excluding hydrogens is 248 g/mol. The molecule has 1 rings (SSSR count). The Balaban J connectivity index is 2.91. The van der Waals surface area contributed by atoms with E-state index in [0.717, 1.165) is 17.7 Å². The van der Waals surface area contributed by atoms with Crippen molar-refractivity contribution < 1.29 is 4.79 Å². The van der Waals surface area contributed by atoms with E-state index < -0.39 is 0 Å². The molecule has 0 spiro atoms. The van der Waals surface area contributed by atoms with Crippen molar-refractivity contribution in [1.29, 1.82) is 0 Å². The maximum atomic E-state index is 12.5. The molecule has 1 aromatic rings.